The van der Waals surface area contributed by atoms with Crippen molar-refractivity contribution < 1.29 is 14.1 Å². The number of aromatic nitrogens is 1. The summed E-state index contributed by atoms with van der Waals surface area (Å²) in [5.74, 6) is 1.25. The van der Waals surface area contributed by atoms with E-state index >= 15 is 0 Å². The molecule has 0 radical (unpaired) electrons. The molecule has 0 saturated heterocycles. The molecule has 3 rings (SSSR count). The Bertz CT molecular complexity index is 702. The maximum Gasteiger partial charge on any atom is 0.274 e. The minimum absolute atomic E-state index is 0.182. The lowest BCUT2D eigenvalue weighted by Gasteiger charge is -2.11. The smallest absolute Gasteiger partial charge is 0.274 e. The van der Waals surface area contributed by atoms with Crippen molar-refractivity contribution in [2.45, 2.75) is 46.3 Å². The van der Waals surface area contributed by atoms with Crippen molar-refractivity contribution in [1.82, 2.24) is 10.5 Å². The summed E-state index contributed by atoms with van der Waals surface area (Å²) in [6.07, 6.45) is 2.08. The van der Waals surface area contributed by atoms with Gasteiger partial charge >= 0.3 is 0 Å². The van der Waals surface area contributed by atoms with Crippen molar-refractivity contribution in [3.63, 3.8) is 0 Å². The first-order valence-corrected chi connectivity index (χ1v) is 7.51. The molecule has 116 valence electrons. The fraction of sp³-hybridized carbons (Fsp3) is 0.412. The van der Waals surface area contributed by atoms with Crippen LogP contribution in [0.1, 0.15) is 45.8 Å². The molecule has 0 spiro atoms. The Morgan fingerprint density at radius 3 is 2.86 bits per heavy atom. The molecule has 1 amide bonds. The zero-order valence-electron chi connectivity index (χ0n) is 13.1. The Kier molecular flexibility index (Phi) is 3.88. The number of rotatable bonds is 5. The summed E-state index contributed by atoms with van der Waals surface area (Å²) in [6.45, 7) is 6.13. The first-order chi connectivity index (χ1) is 10.6. The van der Waals surface area contributed by atoms with Crippen LogP contribution in [0.5, 0.6) is 5.75 Å². The molecule has 5 nitrogen and oxygen atoms in total. The fourth-order valence-corrected chi connectivity index (χ4v) is 2.25. The highest BCUT2D eigenvalue weighted by molar-refractivity contribution is 5.94. The minimum atomic E-state index is -0.182. The van der Waals surface area contributed by atoms with Crippen LogP contribution in [0.15, 0.2) is 22.7 Å². The average Bonchev–Trinajstić information content (AvgIpc) is 3.22. The van der Waals surface area contributed by atoms with Crippen LogP contribution < -0.4 is 10.1 Å². The highest BCUT2D eigenvalue weighted by atomic mass is 16.5. The van der Waals surface area contributed by atoms with Crippen LogP contribution in [-0.4, -0.2) is 17.1 Å². The molecule has 22 heavy (non-hydrogen) atoms. The van der Waals surface area contributed by atoms with Crippen LogP contribution >= 0.6 is 0 Å². The largest absolute Gasteiger partial charge is 0.488 e. The van der Waals surface area contributed by atoms with E-state index < -0.39 is 0 Å². The minimum Gasteiger partial charge on any atom is -0.488 e. The lowest BCUT2D eigenvalue weighted by molar-refractivity contribution is 0.0940. The molecule has 0 bridgehead atoms. The highest BCUT2D eigenvalue weighted by Gasteiger charge is 2.27. The van der Waals surface area contributed by atoms with E-state index in [4.69, 9.17) is 9.26 Å². The van der Waals surface area contributed by atoms with E-state index in [9.17, 15) is 4.79 Å². The second kappa shape index (κ2) is 5.83. The number of nitrogens with zero attached hydrogens (tertiary/aromatic N) is 1. The van der Waals surface area contributed by atoms with Gasteiger partial charge in [0.2, 0.25) is 0 Å². The monoisotopic (exact) mass is 300 g/mol. The maximum atomic E-state index is 12.2. The van der Waals surface area contributed by atoms with Gasteiger partial charge in [-0.1, -0.05) is 17.3 Å². The normalized spacial score (nSPS) is 14.0. The predicted molar refractivity (Wildman–Crippen MR) is 82.0 cm³/mol. The van der Waals surface area contributed by atoms with Gasteiger partial charge in [-0.05, 0) is 50.8 Å². The Morgan fingerprint density at radius 2 is 2.14 bits per heavy atom. The average molecular weight is 300 g/mol. The molecular formula is C17H20N2O3. The van der Waals surface area contributed by atoms with Crippen molar-refractivity contribution in [2.24, 2.45) is 0 Å². The van der Waals surface area contributed by atoms with E-state index in [1.165, 1.54) is 5.56 Å². The molecule has 1 aromatic heterocycles. The zero-order valence-corrected chi connectivity index (χ0v) is 13.1. The number of hydrogen-bond acceptors (Lipinski definition) is 4. The summed E-state index contributed by atoms with van der Waals surface area (Å²) in [6, 6.07) is 6.22. The molecule has 0 aliphatic heterocycles. The molecule has 0 atom stereocenters. The van der Waals surface area contributed by atoms with Crippen LogP contribution in [0.25, 0.3) is 0 Å². The van der Waals surface area contributed by atoms with Crippen LogP contribution in [0.4, 0.5) is 0 Å². The van der Waals surface area contributed by atoms with Gasteiger partial charge in [0.05, 0.1) is 5.56 Å². The number of carbonyl (C=O) groups is 1. The number of benzene rings is 1. The Hall–Kier alpha value is -2.30. The Labute approximate surface area is 129 Å². The standard InChI is InChI=1S/C17H20N2O3/c1-10-5-4-6-15(11(10)2)21-9-14-12(3)22-19-16(14)17(20)18-13-7-8-13/h4-6,13H,7-9H2,1-3H3,(H,18,20). The molecule has 1 N–H and O–H groups in total. The van der Waals surface area contributed by atoms with Gasteiger partial charge in [-0.3, -0.25) is 4.79 Å². The van der Waals surface area contributed by atoms with E-state index in [1.54, 1.807) is 6.92 Å². The van der Waals surface area contributed by atoms with Crippen LogP contribution in [-0.2, 0) is 6.61 Å². The van der Waals surface area contributed by atoms with Gasteiger partial charge < -0.3 is 14.6 Å². The van der Waals surface area contributed by atoms with Gasteiger partial charge in [0, 0.05) is 6.04 Å². The SMILES string of the molecule is Cc1cccc(OCc2c(C(=O)NC3CC3)noc2C)c1C. The summed E-state index contributed by atoms with van der Waals surface area (Å²) < 4.78 is 11.0. The van der Waals surface area contributed by atoms with E-state index in [2.05, 4.69) is 10.5 Å². The molecule has 1 fully saturated rings. The Balaban J connectivity index is 1.75. The fourth-order valence-electron chi connectivity index (χ4n) is 2.25. The van der Waals surface area contributed by atoms with Crippen LogP contribution in [0, 0.1) is 20.8 Å². The number of carbonyl (C=O) groups excluding carboxylic acids is 1. The van der Waals surface area contributed by atoms with Crippen LogP contribution in [0.2, 0.25) is 0 Å². The quantitative estimate of drug-likeness (QED) is 0.921. The highest BCUT2D eigenvalue weighted by Crippen LogP contribution is 2.24. The van der Waals surface area contributed by atoms with Crippen molar-refractivity contribution in [1.29, 1.82) is 0 Å². The van der Waals surface area contributed by atoms with Crippen molar-refractivity contribution in [3.8, 4) is 5.75 Å². The van der Waals surface area contributed by atoms with Gasteiger partial charge in [-0.2, -0.15) is 0 Å². The number of aryl methyl sites for hydroxylation is 2. The number of nitrogens with one attached hydrogen (secondary N) is 1. The molecular weight excluding hydrogens is 280 g/mol. The van der Waals surface area contributed by atoms with Crippen molar-refractivity contribution >= 4 is 5.91 Å². The molecule has 1 heterocycles. The van der Waals surface area contributed by atoms with E-state index in [1.807, 2.05) is 32.0 Å². The first kappa shape index (κ1) is 14.6. The maximum absolute atomic E-state index is 12.2. The summed E-state index contributed by atoms with van der Waals surface area (Å²) in [4.78, 5) is 12.2. The van der Waals surface area contributed by atoms with Gasteiger partial charge in [-0.15, -0.1) is 0 Å². The lowest BCUT2D eigenvalue weighted by atomic mass is 10.1. The van der Waals surface area contributed by atoms with Gasteiger partial charge in [0.15, 0.2) is 5.69 Å². The summed E-state index contributed by atoms with van der Waals surface area (Å²) in [5, 5.41) is 6.81. The first-order valence-electron chi connectivity index (χ1n) is 7.51. The molecule has 1 aromatic carbocycles. The van der Waals surface area contributed by atoms with Gasteiger partial charge in [0.25, 0.3) is 5.91 Å². The second-order valence-electron chi connectivity index (χ2n) is 5.80. The van der Waals surface area contributed by atoms with Crippen molar-refractivity contribution in [3.05, 3.63) is 46.3 Å². The van der Waals surface area contributed by atoms with Crippen molar-refractivity contribution in [2.75, 3.05) is 0 Å². The van der Waals surface area contributed by atoms with E-state index in [-0.39, 0.29) is 18.6 Å². The molecule has 1 saturated carbocycles. The summed E-state index contributed by atoms with van der Waals surface area (Å²) in [5.41, 5.74) is 3.31. The zero-order chi connectivity index (χ0) is 15.7. The molecule has 5 heteroatoms. The summed E-state index contributed by atoms with van der Waals surface area (Å²) >= 11 is 0. The molecule has 1 aliphatic rings. The van der Waals surface area contributed by atoms with Gasteiger partial charge in [-0.25, -0.2) is 0 Å². The second-order valence-corrected chi connectivity index (χ2v) is 5.80. The topological polar surface area (TPSA) is 64.4 Å². The molecule has 1 aliphatic carbocycles. The van der Waals surface area contributed by atoms with Crippen LogP contribution in [0.3, 0.4) is 0 Å². The van der Waals surface area contributed by atoms with Gasteiger partial charge in [0.1, 0.15) is 18.1 Å². The Morgan fingerprint density at radius 1 is 1.36 bits per heavy atom. The third-order valence-corrected chi connectivity index (χ3v) is 4.04. The number of amides is 1. The summed E-state index contributed by atoms with van der Waals surface area (Å²) in [7, 11) is 0. The predicted octanol–water partition coefficient (Wildman–Crippen LogP) is 3.07. The number of hydrogen-bond donors (Lipinski definition) is 1. The van der Waals surface area contributed by atoms with E-state index in [0.29, 0.717) is 17.0 Å². The third kappa shape index (κ3) is 2.98. The molecule has 0 unspecified atom stereocenters. The number of ether oxygens (including phenoxy) is 1. The third-order valence-electron chi connectivity index (χ3n) is 4.04. The molecule has 2 aromatic rings. The lowest BCUT2D eigenvalue weighted by Crippen LogP contribution is -2.26. The van der Waals surface area contributed by atoms with E-state index in [0.717, 1.165) is 24.2 Å².